The van der Waals surface area contributed by atoms with Crippen molar-refractivity contribution in [3.63, 3.8) is 0 Å². The molecule has 0 aromatic carbocycles. The lowest BCUT2D eigenvalue weighted by molar-refractivity contribution is -0.137. The standard InChI is InChI=1S/C16H21N3O3/c20-14(18-10-12-4-1-2-8-17-12)16(6-7-16)15(21)19-11-13-5-3-9-22-13/h1-2,4,8,13H,3,5-7,9-11H2,(H,18,20)(H,19,21). The fraction of sp³-hybridized carbons (Fsp3) is 0.562. The predicted octanol–water partition coefficient (Wildman–Crippen LogP) is 0.773. The summed E-state index contributed by atoms with van der Waals surface area (Å²) in [5, 5.41) is 5.68. The lowest BCUT2D eigenvalue weighted by Gasteiger charge is -2.17. The van der Waals surface area contributed by atoms with E-state index >= 15 is 0 Å². The van der Waals surface area contributed by atoms with Crippen LogP contribution in [0.15, 0.2) is 24.4 Å². The van der Waals surface area contributed by atoms with Crippen molar-refractivity contribution in [3.05, 3.63) is 30.1 Å². The van der Waals surface area contributed by atoms with Crippen LogP contribution >= 0.6 is 0 Å². The van der Waals surface area contributed by atoms with Gasteiger partial charge in [-0.3, -0.25) is 14.6 Å². The highest BCUT2D eigenvalue weighted by Crippen LogP contribution is 2.46. The van der Waals surface area contributed by atoms with Crippen molar-refractivity contribution in [3.8, 4) is 0 Å². The third kappa shape index (κ3) is 3.27. The molecule has 1 aliphatic carbocycles. The summed E-state index contributed by atoms with van der Waals surface area (Å²) in [5.41, 5.74) is -0.0978. The average molecular weight is 303 g/mol. The SMILES string of the molecule is O=C(NCc1ccccn1)C1(C(=O)NCC2CCCO2)CC1. The number of ether oxygens (including phenoxy) is 1. The van der Waals surface area contributed by atoms with Gasteiger partial charge in [0.25, 0.3) is 0 Å². The van der Waals surface area contributed by atoms with Gasteiger partial charge in [-0.1, -0.05) is 6.07 Å². The van der Waals surface area contributed by atoms with Gasteiger partial charge < -0.3 is 15.4 Å². The van der Waals surface area contributed by atoms with Gasteiger partial charge in [-0.05, 0) is 37.8 Å². The maximum absolute atomic E-state index is 12.3. The van der Waals surface area contributed by atoms with Gasteiger partial charge in [0.05, 0.1) is 18.3 Å². The van der Waals surface area contributed by atoms with Gasteiger partial charge in [0, 0.05) is 19.3 Å². The first kappa shape index (κ1) is 15.0. The first-order chi connectivity index (χ1) is 10.7. The van der Waals surface area contributed by atoms with Gasteiger partial charge in [-0.25, -0.2) is 0 Å². The second kappa shape index (κ2) is 6.44. The number of hydrogen-bond acceptors (Lipinski definition) is 4. The van der Waals surface area contributed by atoms with Crippen LogP contribution < -0.4 is 10.6 Å². The van der Waals surface area contributed by atoms with Crippen molar-refractivity contribution in [2.24, 2.45) is 5.41 Å². The van der Waals surface area contributed by atoms with E-state index in [1.165, 1.54) is 0 Å². The van der Waals surface area contributed by atoms with Gasteiger partial charge in [0.15, 0.2) is 0 Å². The quantitative estimate of drug-likeness (QED) is 0.761. The molecule has 2 aliphatic rings. The fourth-order valence-electron chi connectivity index (χ4n) is 2.71. The molecule has 0 radical (unpaired) electrons. The molecule has 118 valence electrons. The molecule has 1 unspecified atom stereocenters. The highest BCUT2D eigenvalue weighted by atomic mass is 16.5. The van der Waals surface area contributed by atoms with Crippen LogP contribution in [0.4, 0.5) is 0 Å². The van der Waals surface area contributed by atoms with Gasteiger partial charge in [0.2, 0.25) is 11.8 Å². The van der Waals surface area contributed by atoms with Crippen molar-refractivity contribution in [2.45, 2.75) is 38.3 Å². The Kier molecular flexibility index (Phi) is 4.38. The molecular weight excluding hydrogens is 282 g/mol. The second-order valence-corrected chi connectivity index (χ2v) is 5.93. The first-order valence-corrected chi connectivity index (χ1v) is 7.79. The lowest BCUT2D eigenvalue weighted by atomic mass is 10.0. The van der Waals surface area contributed by atoms with Crippen LogP contribution in [-0.2, 0) is 20.9 Å². The third-order valence-corrected chi connectivity index (χ3v) is 4.29. The number of rotatable bonds is 6. The molecule has 1 saturated carbocycles. The normalized spacial score (nSPS) is 22.1. The Morgan fingerprint density at radius 1 is 1.27 bits per heavy atom. The van der Waals surface area contributed by atoms with Crippen LogP contribution in [0.5, 0.6) is 0 Å². The van der Waals surface area contributed by atoms with Gasteiger partial charge in [0.1, 0.15) is 5.41 Å². The molecule has 6 heteroatoms. The summed E-state index contributed by atoms with van der Waals surface area (Å²) < 4.78 is 5.48. The monoisotopic (exact) mass is 303 g/mol. The number of aromatic nitrogens is 1. The van der Waals surface area contributed by atoms with E-state index in [1.54, 1.807) is 6.20 Å². The Bertz CT molecular complexity index is 537. The molecule has 1 aromatic rings. The summed E-state index contributed by atoms with van der Waals surface area (Å²) in [7, 11) is 0. The minimum Gasteiger partial charge on any atom is -0.376 e. The predicted molar refractivity (Wildman–Crippen MR) is 79.7 cm³/mol. The van der Waals surface area contributed by atoms with Gasteiger partial charge in [-0.15, -0.1) is 0 Å². The Hall–Kier alpha value is -1.95. The smallest absolute Gasteiger partial charge is 0.236 e. The zero-order valence-electron chi connectivity index (χ0n) is 12.5. The molecule has 22 heavy (non-hydrogen) atoms. The van der Waals surface area contributed by atoms with Crippen LogP contribution in [0.1, 0.15) is 31.4 Å². The molecule has 2 heterocycles. The van der Waals surface area contributed by atoms with Crippen LogP contribution in [0, 0.1) is 5.41 Å². The Labute approximate surface area is 129 Å². The number of carbonyl (C=O) groups excluding carboxylic acids is 2. The lowest BCUT2D eigenvalue weighted by Crippen LogP contribution is -2.44. The number of carbonyl (C=O) groups is 2. The van der Waals surface area contributed by atoms with E-state index in [1.807, 2.05) is 18.2 Å². The molecule has 3 rings (SSSR count). The maximum atomic E-state index is 12.3. The number of hydrogen-bond donors (Lipinski definition) is 2. The molecule has 6 nitrogen and oxygen atoms in total. The van der Waals surface area contributed by atoms with Crippen LogP contribution in [0.2, 0.25) is 0 Å². The Morgan fingerprint density at radius 3 is 2.73 bits per heavy atom. The Balaban J connectivity index is 1.49. The van der Waals surface area contributed by atoms with E-state index in [2.05, 4.69) is 15.6 Å². The number of pyridine rings is 1. The van der Waals surface area contributed by atoms with Crippen molar-refractivity contribution >= 4 is 11.8 Å². The summed E-state index contributed by atoms with van der Waals surface area (Å²) in [6.45, 7) is 1.60. The largest absolute Gasteiger partial charge is 0.376 e. The topological polar surface area (TPSA) is 80.3 Å². The third-order valence-electron chi connectivity index (χ3n) is 4.29. The fourth-order valence-corrected chi connectivity index (χ4v) is 2.71. The molecular formula is C16H21N3O3. The summed E-state index contributed by atoms with van der Waals surface area (Å²) >= 11 is 0. The molecule has 1 saturated heterocycles. The summed E-state index contributed by atoms with van der Waals surface area (Å²) in [4.78, 5) is 28.8. The summed E-state index contributed by atoms with van der Waals surface area (Å²) in [6.07, 6.45) is 5.01. The summed E-state index contributed by atoms with van der Waals surface area (Å²) in [6, 6.07) is 5.54. The van der Waals surface area contributed by atoms with E-state index in [0.29, 0.717) is 25.9 Å². The molecule has 2 fully saturated rings. The molecule has 0 bridgehead atoms. The molecule has 1 aliphatic heterocycles. The van der Waals surface area contributed by atoms with Gasteiger partial charge in [-0.2, -0.15) is 0 Å². The minimum atomic E-state index is -0.882. The average Bonchev–Trinajstić information content (AvgIpc) is 3.21. The van der Waals surface area contributed by atoms with E-state index in [-0.39, 0.29) is 17.9 Å². The van der Waals surface area contributed by atoms with Crippen molar-refractivity contribution in [2.75, 3.05) is 13.2 Å². The van der Waals surface area contributed by atoms with E-state index in [9.17, 15) is 9.59 Å². The maximum Gasteiger partial charge on any atom is 0.236 e. The summed E-state index contributed by atoms with van der Waals surface area (Å²) in [5.74, 6) is -0.385. The minimum absolute atomic E-state index is 0.0938. The molecule has 1 aromatic heterocycles. The van der Waals surface area contributed by atoms with E-state index in [0.717, 1.165) is 25.1 Å². The van der Waals surface area contributed by atoms with Crippen molar-refractivity contribution in [1.82, 2.24) is 15.6 Å². The molecule has 2 amide bonds. The van der Waals surface area contributed by atoms with E-state index in [4.69, 9.17) is 4.74 Å². The first-order valence-electron chi connectivity index (χ1n) is 7.79. The molecule has 0 spiro atoms. The highest BCUT2D eigenvalue weighted by molar-refractivity contribution is 6.07. The highest BCUT2D eigenvalue weighted by Gasteiger charge is 2.56. The Morgan fingerprint density at radius 2 is 2.09 bits per heavy atom. The second-order valence-electron chi connectivity index (χ2n) is 5.93. The van der Waals surface area contributed by atoms with Crippen LogP contribution in [-0.4, -0.2) is 36.1 Å². The zero-order chi connectivity index (χ0) is 15.4. The number of amides is 2. The van der Waals surface area contributed by atoms with Crippen LogP contribution in [0.3, 0.4) is 0 Å². The van der Waals surface area contributed by atoms with Crippen LogP contribution in [0.25, 0.3) is 0 Å². The van der Waals surface area contributed by atoms with Crippen molar-refractivity contribution in [1.29, 1.82) is 0 Å². The number of nitrogens with one attached hydrogen (secondary N) is 2. The molecule has 2 N–H and O–H groups in total. The number of nitrogens with zero attached hydrogens (tertiary/aromatic N) is 1. The van der Waals surface area contributed by atoms with Gasteiger partial charge >= 0.3 is 0 Å². The van der Waals surface area contributed by atoms with Crippen molar-refractivity contribution < 1.29 is 14.3 Å². The molecule has 1 atom stereocenters. The van der Waals surface area contributed by atoms with E-state index < -0.39 is 5.41 Å². The zero-order valence-corrected chi connectivity index (χ0v) is 12.5.